The molecular formula is C10H16F4O2. The smallest absolute Gasteiger partial charge is 0.330 e. The van der Waals surface area contributed by atoms with Gasteiger partial charge in [-0.3, -0.25) is 0 Å². The summed E-state index contributed by atoms with van der Waals surface area (Å²) in [6, 6.07) is 0. The maximum atomic E-state index is 12.3. The largest absolute Gasteiger partial charge is 0.391 e. The van der Waals surface area contributed by atoms with Gasteiger partial charge in [-0.25, -0.2) is 8.78 Å². The lowest BCUT2D eigenvalue weighted by Gasteiger charge is -2.16. The third kappa shape index (κ3) is 6.79. The minimum Gasteiger partial charge on any atom is -0.391 e. The van der Waals surface area contributed by atoms with Crippen LogP contribution in [0.25, 0.3) is 0 Å². The van der Waals surface area contributed by atoms with Crippen LogP contribution in [0.4, 0.5) is 17.6 Å². The van der Waals surface area contributed by atoms with Gasteiger partial charge in [-0.15, -0.1) is 6.58 Å². The topological polar surface area (TPSA) is 29.5 Å². The first-order valence-corrected chi connectivity index (χ1v) is 4.93. The fourth-order valence-electron chi connectivity index (χ4n) is 0.975. The first kappa shape index (κ1) is 15.4. The van der Waals surface area contributed by atoms with Crippen LogP contribution in [0.2, 0.25) is 0 Å². The normalized spacial score (nSPS) is 14.1. The summed E-state index contributed by atoms with van der Waals surface area (Å²) in [5.74, 6) is -4.15. The van der Waals surface area contributed by atoms with E-state index in [2.05, 4.69) is 11.3 Å². The second kappa shape index (κ2) is 7.62. The molecule has 0 aliphatic heterocycles. The van der Waals surface area contributed by atoms with Crippen LogP contribution in [0, 0.1) is 0 Å². The van der Waals surface area contributed by atoms with Crippen molar-refractivity contribution in [3.63, 3.8) is 0 Å². The number of unbranched alkanes of at least 4 members (excludes halogenated alkanes) is 1. The lowest BCUT2D eigenvalue weighted by molar-refractivity contribution is -0.170. The monoisotopic (exact) mass is 244 g/mol. The Kier molecular flexibility index (Phi) is 7.33. The van der Waals surface area contributed by atoms with Gasteiger partial charge in [0.05, 0.1) is 12.7 Å². The van der Waals surface area contributed by atoms with Gasteiger partial charge in [0.15, 0.2) is 0 Å². The zero-order valence-corrected chi connectivity index (χ0v) is 8.84. The number of alkyl halides is 4. The standard InChI is InChI=1S/C10H16F4O2/c1-2-3-4-5-8(15)6-16-7-10(13,14)9(11)12/h2,8-9,15H,1,3-7H2. The molecule has 0 rings (SSSR count). The van der Waals surface area contributed by atoms with E-state index in [0.717, 1.165) is 0 Å². The second-order valence-electron chi connectivity index (χ2n) is 3.45. The minimum atomic E-state index is -4.15. The molecule has 0 aromatic heterocycles. The molecule has 6 heteroatoms. The van der Waals surface area contributed by atoms with E-state index in [1.807, 2.05) is 0 Å². The summed E-state index contributed by atoms with van der Waals surface area (Å²) in [5, 5.41) is 9.22. The molecule has 1 unspecified atom stereocenters. The molecule has 96 valence electrons. The molecule has 0 heterocycles. The van der Waals surface area contributed by atoms with E-state index < -0.39 is 25.1 Å². The Balaban J connectivity index is 3.61. The highest BCUT2D eigenvalue weighted by Crippen LogP contribution is 2.22. The zero-order valence-electron chi connectivity index (χ0n) is 8.84. The van der Waals surface area contributed by atoms with Crippen LogP contribution in [0.15, 0.2) is 12.7 Å². The van der Waals surface area contributed by atoms with E-state index in [4.69, 9.17) is 0 Å². The van der Waals surface area contributed by atoms with Crippen molar-refractivity contribution in [2.45, 2.75) is 37.7 Å². The van der Waals surface area contributed by atoms with Crippen molar-refractivity contribution >= 4 is 0 Å². The number of hydrogen-bond donors (Lipinski definition) is 1. The Labute approximate surface area is 91.9 Å². The average Bonchev–Trinajstić information content (AvgIpc) is 2.17. The van der Waals surface area contributed by atoms with Gasteiger partial charge >= 0.3 is 12.3 Å². The lowest BCUT2D eigenvalue weighted by Crippen LogP contribution is -2.33. The maximum Gasteiger partial charge on any atom is 0.330 e. The summed E-state index contributed by atoms with van der Waals surface area (Å²) in [6.45, 7) is 1.74. The fourth-order valence-corrected chi connectivity index (χ4v) is 0.975. The van der Waals surface area contributed by atoms with Crippen molar-refractivity contribution in [2.75, 3.05) is 13.2 Å². The summed E-state index contributed by atoms with van der Waals surface area (Å²) in [5.41, 5.74) is 0. The zero-order chi connectivity index (χ0) is 12.6. The van der Waals surface area contributed by atoms with E-state index >= 15 is 0 Å². The first-order valence-electron chi connectivity index (χ1n) is 4.93. The van der Waals surface area contributed by atoms with Crippen LogP contribution in [-0.2, 0) is 4.74 Å². The summed E-state index contributed by atoms with van der Waals surface area (Å²) < 4.78 is 52.4. The van der Waals surface area contributed by atoms with Crippen molar-refractivity contribution in [1.29, 1.82) is 0 Å². The number of hydrogen-bond acceptors (Lipinski definition) is 2. The van der Waals surface area contributed by atoms with Gasteiger partial charge in [0.1, 0.15) is 6.61 Å². The molecule has 0 radical (unpaired) electrons. The lowest BCUT2D eigenvalue weighted by atomic mass is 10.1. The third-order valence-corrected chi connectivity index (χ3v) is 1.87. The number of allylic oxidation sites excluding steroid dienone is 1. The molecule has 2 nitrogen and oxygen atoms in total. The van der Waals surface area contributed by atoms with Gasteiger partial charge in [-0.1, -0.05) is 6.08 Å². The van der Waals surface area contributed by atoms with Gasteiger partial charge in [0.2, 0.25) is 0 Å². The van der Waals surface area contributed by atoms with E-state index in [0.29, 0.717) is 19.3 Å². The predicted molar refractivity (Wildman–Crippen MR) is 51.8 cm³/mol. The Morgan fingerprint density at radius 2 is 2.00 bits per heavy atom. The molecule has 16 heavy (non-hydrogen) atoms. The third-order valence-electron chi connectivity index (χ3n) is 1.87. The Bertz CT molecular complexity index is 197. The summed E-state index contributed by atoms with van der Waals surface area (Å²) >= 11 is 0. The van der Waals surface area contributed by atoms with Crippen LogP contribution < -0.4 is 0 Å². The van der Waals surface area contributed by atoms with Gasteiger partial charge in [0, 0.05) is 0 Å². The highest BCUT2D eigenvalue weighted by molar-refractivity contribution is 4.69. The van der Waals surface area contributed by atoms with E-state index in [1.165, 1.54) is 0 Å². The van der Waals surface area contributed by atoms with Gasteiger partial charge in [-0.05, 0) is 19.3 Å². The number of aliphatic hydroxyl groups is 1. The van der Waals surface area contributed by atoms with Crippen molar-refractivity contribution in [2.24, 2.45) is 0 Å². The van der Waals surface area contributed by atoms with E-state index in [9.17, 15) is 22.7 Å². The van der Waals surface area contributed by atoms with Crippen molar-refractivity contribution in [3.8, 4) is 0 Å². The molecule has 0 aromatic carbocycles. The van der Waals surface area contributed by atoms with E-state index in [1.54, 1.807) is 6.08 Å². The number of halogens is 4. The molecule has 0 aliphatic rings. The Morgan fingerprint density at radius 1 is 1.38 bits per heavy atom. The van der Waals surface area contributed by atoms with Crippen LogP contribution in [0.3, 0.4) is 0 Å². The van der Waals surface area contributed by atoms with Crippen LogP contribution in [-0.4, -0.2) is 36.8 Å². The molecule has 0 aromatic rings. The summed E-state index contributed by atoms with van der Waals surface area (Å²) in [6.07, 6.45) is -1.27. The SMILES string of the molecule is C=CCCCC(O)COCC(F)(F)C(F)F. The van der Waals surface area contributed by atoms with Crippen LogP contribution in [0.5, 0.6) is 0 Å². The molecule has 0 amide bonds. The first-order chi connectivity index (χ1) is 7.40. The molecule has 0 bridgehead atoms. The van der Waals surface area contributed by atoms with Crippen molar-refractivity contribution in [1.82, 2.24) is 0 Å². The molecule has 0 saturated carbocycles. The van der Waals surface area contributed by atoms with Gasteiger partial charge < -0.3 is 9.84 Å². The molecule has 1 N–H and O–H groups in total. The van der Waals surface area contributed by atoms with E-state index in [-0.39, 0.29) is 6.61 Å². The summed E-state index contributed by atoms with van der Waals surface area (Å²) in [4.78, 5) is 0. The highest BCUT2D eigenvalue weighted by atomic mass is 19.3. The van der Waals surface area contributed by atoms with Gasteiger partial charge in [0.25, 0.3) is 0 Å². The molecule has 0 aliphatic carbocycles. The van der Waals surface area contributed by atoms with Gasteiger partial charge in [-0.2, -0.15) is 8.78 Å². The predicted octanol–water partition coefficient (Wildman–Crippen LogP) is 2.62. The molecule has 0 saturated heterocycles. The highest BCUT2D eigenvalue weighted by Gasteiger charge is 2.41. The molecule has 0 spiro atoms. The maximum absolute atomic E-state index is 12.3. The Hall–Kier alpha value is -0.620. The minimum absolute atomic E-state index is 0.362. The molecule has 1 atom stereocenters. The van der Waals surface area contributed by atoms with Crippen LogP contribution in [0.1, 0.15) is 19.3 Å². The van der Waals surface area contributed by atoms with Crippen molar-refractivity contribution in [3.05, 3.63) is 12.7 Å². The fraction of sp³-hybridized carbons (Fsp3) is 0.800. The van der Waals surface area contributed by atoms with Crippen molar-refractivity contribution < 1.29 is 27.4 Å². The quantitative estimate of drug-likeness (QED) is 0.384. The summed E-state index contributed by atoms with van der Waals surface area (Å²) in [7, 11) is 0. The molecule has 0 fully saturated rings. The second-order valence-corrected chi connectivity index (χ2v) is 3.45. The average molecular weight is 244 g/mol. The number of aliphatic hydroxyl groups excluding tert-OH is 1. The molecular weight excluding hydrogens is 228 g/mol. The Morgan fingerprint density at radius 3 is 2.50 bits per heavy atom. The van der Waals surface area contributed by atoms with Crippen LogP contribution >= 0.6 is 0 Å². The number of ether oxygens (including phenoxy) is 1. The number of rotatable bonds is 9.